The quantitative estimate of drug-likeness (QED) is 0.673. The highest BCUT2D eigenvalue weighted by molar-refractivity contribution is 7.80. The van der Waals surface area contributed by atoms with Crippen molar-refractivity contribution in [3.63, 3.8) is 0 Å². The Morgan fingerprint density at radius 2 is 2.17 bits per heavy atom. The number of amides is 2. The summed E-state index contributed by atoms with van der Waals surface area (Å²) in [5.74, 6) is -0.954. The molecule has 1 atom stereocenters. The van der Waals surface area contributed by atoms with Gasteiger partial charge in [0.2, 0.25) is 5.91 Å². The first-order valence-electron chi connectivity index (χ1n) is 8.90. The normalized spacial score (nSPS) is 18.9. The number of carbonyl (C=O) groups is 3. The molecule has 0 spiro atoms. The Kier molecular flexibility index (Phi) is 6.16. The summed E-state index contributed by atoms with van der Waals surface area (Å²) in [5.41, 5.74) is 0.573. The highest BCUT2D eigenvalue weighted by atomic mass is 32.1. The van der Waals surface area contributed by atoms with Crippen LogP contribution in [0.4, 0.5) is 20.6 Å². The second-order valence-corrected chi connectivity index (χ2v) is 7.13. The van der Waals surface area contributed by atoms with E-state index >= 15 is 0 Å². The van der Waals surface area contributed by atoms with Crippen molar-refractivity contribution in [1.82, 2.24) is 10.2 Å². The number of benzene rings is 1. The zero-order valence-electron chi connectivity index (χ0n) is 16.0. The minimum absolute atomic E-state index is 0.00339. The van der Waals surface area contributed by atoms with Crippen molar-refractivity contribution < 1.29 is 28.2 Å². The fraction of sp³-hybridized carbons (Fsp3) is 0.444. The number of ether oxygens (including phenoxy) is 2. The van der Waals surface area contributed by atoms with Gasteiger partial charge in [-0.1, -0.05) is 0 Å². The summed E-state index contributed by atoms with van der Waals surface area (Å²) in [5, 5.41) is 3.00. The first kappa shape index (κ1) is 20.8. The molecule has 29 heavy (non-hydrogen) atoms. The van der Waals surface area contributed by atoms with Crippen molar-refractivity contribution in [3.05, 3.63) is 24.0 Å². The van der Waals surface area contributed by atoms with E-state index < -0.39 is 18.0 Å². The summed E-state index contributed by atoms with van der Waals surface area (Å²) in [6.07, 6.45) is -1.05. The van der Waals surface area contributed by atoms with E-state index in [4.69, 9.17) is 21.7 Å². The van der Waals surface area contributed by atoms with Crippen LogP contribution in [-0.2, 0) is 19.1 Å². The predicted molar refractivity (Wildman–Crippen MR) is 106 cm³/mol. The van der Waals surface area contributed by atoms with Crippen molar-refractivity contribution >= 4 is 46.6 Å². The van der Waals surface area contributed by atoms with Gasteiger partial charge in [-0.05, 0) is 37.3 Å². The Balaban J connectivity index is 1.67. The average molecular weight is 424 g/mol. The number of nitrogens with one attached hydrogen (secondary N) is 1. The molecule has 2 aliphatic rings. The van der Waals surface area contributed by atoms with Gasteiger partial charge in [-0.15, -0.1) is 0 Å². The Bertz CT molecular complexity index is 852. The topological polar surface area (TPSA) is 91.4 Å². The number of methoxy groups -OCH3 is 1. The molecule has 2 amide bonds. The van der Waals surface area contributed by atoms with Crippen molar-refractivity contribution in [3.8, 4) is 0 Å². The molecule has 1 aromatic rings. The van der Waals surface area contributed by atoms with Crippen molar-refractivity contribution in [2.45, 2.75) is 13.0 Å². The minimum atomic E-state index is -0.587. The van der Waals surface area contributed by atoms with Crippen molar-refractivity contribution in [2.75, 3.05) is 49.8 Å². The second-order valence-electron chi connectivity index (χ2n) is 6.76. The maximum Gasteiger partial charge on any atom is 0.414 e. The summed E-state index contributed by atoms with van der Waals surface area (Å²) in [7, 11) is 1.43. The Morgan fingerprint density at radius 3 is 2.83 bits per heavy atom. The van der Waals surface area contributed by atoms with Crippen molar-refractivity contribution in [2.24, 2.45) is 0 Å². The number of Topliss-reactive ketones (excluding diaryl/α,β-unsaturated/α-hetero) is 1. The number of cyclic esters (lactones) is 1. The summed E-state index contributed by atoms with van der Waals surface area (Å²) in [6.45, 7) is 2.02. The van der Waals surface area contributed by atoms with Crippen LogP contribution in [0.2, 0.25) is 0 Å². The maximum absolute atomic E-state index is 14.7. The van der Waals surface area contributed by atoms with E-state index in [9.17, 15) is 18.8 Å². The van der Waals surface area contributed by atoms with Gasteiger partial charge in [0.25, 0.3) is 5.17 Å². The van der Waals surface area contributed by atoms with Gasteiger partial charge in [0.15, 0.2) is 0 Å². The number of halogens is 1. The van der Waals surface area contributed by atoms with E-state index in [1.165, 1.54) is 36.0 Å². The third-order valence-corrected chi connectivity index (χ3v) is 4.86. The van der Waals surface area contributed by atoms with Crippen LogP contribution in [0.15, 0.2) is 18.2 Å². The molecule has 1 N–H and O–H groups in total. The number of rotatable bonds is 6. The highest BCUT2D eigenvalue weighted by Crippen LogP contribution is 2.29. The van der Waals surface area contributed by atoms with E-state index in [0.717, 1.165) is 0 Å². The Morgan fingerprint density at radius 1 is 1.41 bits per heavy atom. The van der Waals surface area contributed by atoms with Crippen LogP contribution < -0.4 is 15.1 Å². The fourth-order valence-electron chi connectivity index (χ4n) is 3.19. The molecule has 2 fully saturated rings. The molecule has 0 bridgehead atoms. The lowest BCUT2D eigenvalue weighted by Crippen LogP contribution is -2.34. The lowest BCUT2D eigenvalue weighted by atomic mass is 10.2. The molecule has 2 saturated heterocycles. The number of hydrogen-bond acceptors (Lipinski definition) is 7. The van der Waals surface area contributed by atoms with Gasteiger partial charge in [-0.25, -0.2) is 9.18 Å². The smallest absolute Gasteiger partial charge is 0.414 e. The molecule has 11 heteroatoms. The Hall–Kier alpha value is -2.95. The highest BCUT2D eigenvalue weighted by Gasteiger charge is 2.34. The van der Waals surface area contributed by atoms with Gasteiger partial charge < -0.3 is 24.6 Å². The molecule has 2 aliphatic heterocycles. The predicted octanol–water partition coefficient (Wildman–Crippen LogP) is 0.867. The summed E-state index contributed by atoms with van der Waals surface area (Å²) < 4.78 is 24.8. The summed E-state index contributed by atoms with van der Waals surface area (Å²) in [6, 6.07) is 4.33. The van der Waals surface area contributed by atoms with E-state index in [1.54, 1.807) is 11.0 Å². The van der Waals surface area contributed by atoms with E-state index in [1.807, 2.05) is 0 Å². The molecule has 0 saturated carbocycles. The minimum Gasteiger partial charge on any atom is -0.474 e. The molecular formula is C18H21FN4O5S. The SMILES string of the molecule is COC(=S)NC[C@H]1CN(c2ccc(N3CC(=O)N(CC(C)=O)C3)c(F)c2)C(=O)O1. The number of anilines is 2. The second kappa shape index (κ2) is 8.60. The lowest BCUT2D eigenvalue weighted by molar-refractivity contribution is -0.130. The van der Waals surface area contributed by atoms with Crippen LogP contribution in [0.1, 0.15) is 6.92 Å². The van der Waals surface area contributed by atoms with Crippen LogP contribution in [0.3, 0.4) is 0 Å². The standard InChI is InChI=1S/C18H21FN4O5S/c1-11(24)7-22-10-21(9-16(22)25)15-4-3-12(5-14(15)19)23-8-13(28-18(23)26)6-20-17(29)27-2/h3-5,13H,6-10H2,1-2H3,(H,20,29)/t13-/m0/s1. The number of nitrogens with zero attached hydrogens (tertiary/aromatic N) is 3. The number of thiocarbonyl (C=S) groups is 1. The largest absolute Gasteiger partial charge is 0.474 e. The van der Waals surface area contributed by atoms with Crippen molar-refractivity contribution in [1.29, 1.82) is 0 Å². The average Bonchev–Trinajstić information content (AvgIpc) is 3.21. The van der Waals surface area contributed by atoms with Gasteiger partial charge in [0, 0.05) is 0 Å². The summed E-state index contributed by atoms with van der Waals surface area (Å²) >= 11 is 4.88. The first-order valence-corrected chi connectivity index (χ1v) is 9.31. The van der Waals surface area contributed by atoms with Crippen LogP contribution >= 0.6 is 12.2 Å². The molecule has 3 rings (SSSR count). The monoisotopic (exact) mass is 424 g/mol. The van der Waals surface area contributed by atoms with Gasteiger partial charge in [0.05, 0.1) is 51.3 Å². The molecule has 0 aliphatic carbocycles. The molecule has 9 nitrogen and oxygen atoms in total. The molecular weight excluding hydrogens is 403 g/mol. The molecule has 0 radical (unpaired) electrons. The molecule has 156 valence electrons. The fourth-order valence-corrected chi connectivity index (χ4v) is 3.28. The zero-order chi connectivity index (χ0) is 21.1. The van der Waals surface area contributed by atoms with Crippen LogP contribution in [0.25, 0.3) is 0 Å². The third kappa shape index (κ3) is 4.73. The number of ketones is 1. The van der Waals surface area contributed by atoms with Gasteiger partial charge in [-0.2, -0.15) is 0 Å². The van der Waals surface area contributed by atoms with Crippen LogP contribution in [-0.4, -0.2) is 73.9 Å². The van der Waals surface area contributed by atoms with Crippen LogP contribution in [0.5, 0.6) is 0 Å². The third-order valence-electron chi connectivity index (χ3n) is 4.55. The van der Waals surface area contributed by atoms with Gasteiger partial charge in [-0.3, -0.25) is 14.5 Å². The molecule has 1 aromatic carbocycles. The molecule has 0 unspecified atom stereocenters. The number of hydrogen-bond donors (Lipinski definition) is 1. The number of carbonyl (C=O) groups excluding carboxylic acids is 3. The van der Waals surface area contributed by atoms with Crippen LogP contribution in [0, 0.1) is 5.82 Å². The zero-order valence-corrected chi connectivity index (χ0v) is 16.8. The molecule has 0 aromatic heterocycles. The molecule has 2 heterocycles. The van der Waals surface area contributed by atoms with Gasteiger partial charge >= 0.3 is 6.09 Å². The van der Waals surface area contributed by atoms with Gasteiger partial charge in [0.1, 0.15) is 17.7 Å². The summed E-state index contributed by atoms with van der Waals surface area (Å²) in [4.78, 5) is 39.6. The maximum atomic E-state index is 14.7. The Labute approximate surface area is 172 Å². The van der Waals surface area contributed by atoms with E-state index in [2.05, 4.69) is 5.32 Å². The lowest BCUT2D eigenvalue weighted by Gasteiger charge is -2.21. The first-order chi connectivity index (χ1) is 13.8. The van der Waals surface area contributed by atoms with E-state index in [0.29, 0.717) is 5.69 Å². The van der Waals surface area contributed by atoms with E-state index in [-0.39, 0.29) is 55.4 Å².